The zero-order valence-electron chi connectivity index (χ0n) is 25.7. The van der Waals surface area contributed by atoms with Gasteiger partial charge in [-0.3, -0.25) is 0 Å². The van der Waals surface area contributed by atoms with Crippen LogP contribution in [0.15, 0.2) is 66.9 Å². The minimum atomic E-state index is -1.28. The molecule has 2 aromatic carbocycles. The minimum absolute atomic E-state index is 0.182. The number of anilines is 1. The molecule has 5 nitrogen and oxygen atoms in total. The van der Waals surface area contributed by atoms with Crippen molar-refractivity contribution in [2.75, 3.05) is 11.4 Å². The van der Waals surface area contributed by atoms with Crippen molar-refractivity contribution in [2.24, 2.45) is 0 Å². The summed E-state index contributed by atoms with van der Waals surface area (Å²) in [5.41, 5.74) is 2.34. The van der Waals surface area contributed by atoms with E-state index in [-0.39, 0.29) is 5.41 Å². The fourth-order valence-corrected chi connectivity index (χ4v) is 4.25. The molecule has 0 atom stereocenters. The van der Waals surface area contributed by atoms with E-state index in [1.54, 1.807) is 27.7 Å². The standard InChI is InChI=1S/C28H34N2O3.C6H13F/c1-20-7-10-22(11-8-20)18-30(25-16-9-21(2)17-29-25)19-27(3,4)23-12-14-24(15-13-23)33-28(5,6)26(31)32;1-4-5-6(2,3)7/h7-17H,18-19H2,1-6H3,(H,31,32);4-5H2,1-3H3. The van der Waals surface area contributed by atoms with Crippen molar-refractivity contribution in [1.29, 1.82) is 0 Å². The summed E-state index contributed by atoms with van der Waals surface area (Å²) in [7, 11) is 0. The van der Waals surface area contributed by atoms with Gasteiger partial charge in [-0.15, -0.1) is 0 Å². The molecule has 0 spiro atoms. The fourth-order valence-electron chi connectivity index (χ4n) is 4.25. The number of aliphatic carboxylic acids is 1. The van der Waals surface area contributed by atoms with Crippen LogP contribution in [-0.2, 0) is 16.8 Å². The number of hydrogen-bond acceptors (Lipinski definition) is 4. The lowest BCUT2D eigenvalue weighted by Gasteiger charge is -2.34. The molecule has 218 valence electrons. The van der Waals surface area contributed by atoms with E-state index in [9.17, 15) is 14.3 Å². The molecule has 0 aliphatic heterocycles. The van der Waals surface area contributed by atoms with Crippen LogP contribution in [0.25, 0.3) is 0 Å². The third-order valence-corrected chi connectivity index (χ3v) is 6.67. The van der Waals surface area contributed by atoms with Crippen molar-refractivity contribution in [3.63, 3.8) is 0 Å². The molecule has 0 unspecified atom stereocenters. The molecule has 0 aliphatic carbocycles. The lowest BCUT2D eigenvalue weighted by atomic mass is 9.84. The molecule has 40 heavy (non-hydrogen) atoms. The third kappa shape index (κ3) is 10.6. The van der Waals surface area contributed by atoms with Crippen LogP contribution in [0.1, 0.15) is 83.6 Å². The number of carboxylic acid groups (broad SMARTS) is 1. The Morgan fingerprint density at radius 3 is 1.93 bits per heavy atom. The second-order valence-corrected chi connectivity index (χ2v) is 12.3. The summed E-state index contributed by atoms with van der Waals surface area (Å²) in [5, 5.41) is 9.31. The number of aryl methyl sites for hydroxylation is 2. The van der Waals surface area contributed by atoms with Crippen molar-refractivity contribution < 1.29 is 19.0 Å². The monoisotopic (exact) mass is 550 g/mol. The maximum atomic E-state index is 12.4. The molecule has 3 aromatic rings. The number of carbonyl (C=O) groups is 1. The molecule has 0 radical (unpaired) electrons. The molecule has 0 saturated heterocycles. The van der Waals surface area contributed by atoms with E-state index in [0.29, 0.717) is 12.2 Å². The Hall–Kier alpha value is -3.41. The van der Waals surface area contributed by atoms with Crippen LogP contribution >= 0.6 is 0 Å². The largest absolute Gasteiger partial charge is 0.478 e. The predicted octanol–water partition coefficient (Wildman–Crippen LogP) is 8.46. The first-order valence-corrected chi connectivity index (χ1v) is 14.0. The van der Waals surface area contributed by atoms with E-state index < -0.39 is 17.2 Å². The van der Waals surface area contributed by atoms with Gasteiger partial charge in [0.15, 0.2) is 5.60 Å². The van der Waals surface area contributed by atoms with Crippen LogP contribution in [-0.4, -0.2) is 33.9 Å². The number of carboxylic acids is 1. The predicted molar refractivity (Wildman–Crippen MR) is 163 cm³/mol. The van der Waals surface area contributed by atoms with E-state index in [0.717, 1.165) is 36.5 Å². The van der Waals surface area contributed by atoms with Gasteiger partial charge < -0.3 is 14.7 Å². The molecule has 0 bridgehead atoms. The first-order chi connectivity index (χ1) is 18.5. The maximum Gasteiger partial charge on any atom is 0.347 e. The first kappa shape index (κ1) is 32.8. The van der Waals surface area contributed by atoms with E-state index >= 15 is 0 Å². The van der Waals surface area contributed by atoms with Gasteiger partial charge in [0.1, 0.15) is 17.2 Å². The summed E-state index contributed by atoms with van der Waals surface area (Å²) in [6.07, 6.45) is 3.51. The minimum Gasteiger partial charge on any atom is -0.478 e. The number of hydrogen-bond donors (Lipinski definition) is 1. The average Bonchev–Trinajstić information content (AvgIpc) is 2.85. The van der Waals surface area contributed by atoms with Gasteiger partial charge in [-0.1, -0.05) is 75.2 Å². The SMILES string of the molecule is CCCC(C)(C)F.Cc1ccc(CN(CC(C)(C)c2ccc(OC(C)(C)C(=O)O)cc2)c2ccc(C)cn2)cc1. The highest BCUT2D eigenvalue weighted by Crippen LogP contribution is 2.30. The smallest absolute Gasteiger partial charge is 0.347 e. The number of nitrogens with zero attached hydrogens (tertiary/aromatic N) is 2. The highest BCUT2D eigenvalue weighted by atomic mass is 19.1. The second kappa shape index (κ2) is 13.8. The maximum absolute atomic E-state index is 12.4. The normalized spacial score (nSPS) is 11.8. The van der Waals surface area contributed by atoms with Crippen LogP contribution in [0, 0.1) is 13.8 Å². The van der Waals surface area contributed by atoms with Crippen LogP contribution in [0.4, 0.5) is 10.2 Å². The Labute approximate surface area is 240 Å². The van der Waals surface area contributed by atoms with Gasteiger partial charge in [0.2, 0.25) is 0 Å². The molecular weight excluding hydrogens is 503 g/mol. The van der Waals surface area contributed by atoms with E-state index in [1.807, 2.05) is 44.3 Å². The number of pyridine rings is 1. The van der Waals surface area contributed by atoms with Crippen molar-refractivity contribution in [1.82, 2.24) is 4.98 Å². The molecule has 0 amide bonds. The molecule has 3 rings (SSSR count). The lowest BCUT2D eigenvalue weighted by molar-refractivity contribution is -0.152. The number of ether oxygens (including phenoxy) is 1. The summed E-state index contributed by atoms with van der Waals surface area (Å²) in [6, 6.07) is 20.5. The van der Waals surface area contributed by atoms with Crippen LogP contribution < -0.4 is 9.64 Å². The molecule has 0 fully saturated rings. The van der Waals surface area contributed by atoms with Gasteiger partial charge in [-0.25, -0.2) is 14.2 Å². The Kier molecular flexibility index (Phi) is 11.3. The number of halogens is 1. The number of rotatable bonds is 11. The van der Waals surface area contributed by atoms with Crippen molar-refractivity contribution in [3.8, 4) is 5.75 Å². The highest BCUT2D eigenvalue weighted by molar-refractivity contribution is 5.76. The summed E-state index contributed by atoms with van der Waals surface area (Å²) < 4.78 is 18.1. The van der Waals surface area contributed by atoms with Crippen molar-refractivity contribution in [3.05, 3.63) is 89.1 Å². The van der Waals surface area contributed by atoms with Crippen molar-refractivity contribution >= 4 is 11.8 Å². The molecule has 1 heterocycles. The van der Waals surface area contributed by atoms with Gasteiger partial charge in [0.05, 0.1) is 0 Å². The lowest BCUT2D eigenvalue weighted by Crippen LogP contribution is -2.38. The Balaban J connectivity index is 0.000000708. The van der Waals surface area contributed by atoms with Crippen molar-refractivity contribution in [2.45, 2.75) is 98.4 Å². The van der Waals surface area contributed by atoms with Gasteiger partial charge in [-0.2, -0.15) is 0 Å². The summed E-state index contributed by atoms with van der Waals surface area (Å²) in [5.74, 6) is 0.486. The molecule has 1 N–H and O–H groups in total. The van der Waals surface area contributed by atoms with Gasteiger partial charge in [0, 0.05) is 24.7 Å². The second-order valence-electron chi connectivity index (χ2n) is 12.3. The topological polar surface area (TPSA) is 62.7 Å². The average molecular weight is 551 g/mol. The summed E-state index contributed by atoms with van der Waals surface area (Å²) >= 11 is 0. The van der Waals surface area contributed by atoms with E-state index in [1.165, 1.54) is 11.1 Å². The number of aromatic nitrogens is 1. The first-order valence-electron chi connectivity index (χ1n) is 14.0. The fraction of sp³-hybridized carbons (Fsp3) is 0.471. The van der Waals surface area contributed by atoms with Crippen LogP contribution in [0.2, 0.25) is 0 Å². The quantitative estimate of drug-likeness (QED) is 0.259. The molecular formula is C34H47FN2O3. The summed E-state index contributed by atoms with van der Waals surface area (Å²) in [4.78, 5) is 18.4. The number of alkyl halides is 1. The highest BCUT2D eigenvalue weighted by Gasteiger charge is 2.30. The van der Waals surface area contributed by atoms with Crippen LogP contribution in [0.5, 0.6) is 5.75 Å². The Morgan fingerprint density at radius 1 is 0.900 bits per heavy atom. The Bertz CT molecular complexity index is 1200. The van der Waals surface area contributed by atoms with Crippen LogP contribution in [0.3, 0.4) is 0 Å². The van der Waals surface area contributed by atoms with E-state index in [2.05, 4.69) is 62.1 Å². The molecule has 0 saturated carbocycles. The molecule has 6 heteroatoms. The third-order valence-electron chi connectivity index (χ3n) is 6.67. The Morgan fingerprint density at radius 2 is 1.48 bits per heavy atom. The zero-order valence-corrected chi connectivity index (χ0v) is 25.7. The van der Waals surface area contributed by atoms with E-state index in [4.69, 9.17) is 9.72 Å². The zero-order chi connectivity index (χ0) is 30.1. The number of benzene rings is 2. The van der Waals surface area contributed by atoms with Gasteiger partial charge in [-0.05, 0) is 82.9 Å². The van der Waals surface area contributed by atoms with Gasteiger partial charge in [0.25, 0.3) is 0 Å². The summed E-state index contributed by atoms with van der Waals surface area (Å²) in [6.45, 7) is 18.4. The molecule has 0 aliphatic rings. The van der Waals surface area contributed by atoms with Gasteiger partial charge >= 0.3 is 5.97 Å². The molecule has 1 aromatic heterocycles.